The molecule has 0 atom stereocenters. The molecule has 0 spiro atoms. The highest BCUT2D eigenvalue weighted by Gasteiger charge is 2.24. The molecule has 1 aromatic heterocycles. The molecule has 1 saturated heterocycles. The Kier molecular flexibility index (Phi) is 7.32. The van der Waals surface area contributed by atoms with Gasteiger partial charge in [-0.05, 0) is 48.5 Å². The van der Waals surface area contributed by atoms with Crippen LogP contribution in [0.4, 0.5) is 0 Å². The summed E-state index contributed by atoms with van der Waals surface area (Å²) >= 11 is 1.64. The van der Waals surface area contributed by atoms with Crippen LogP contribution in [0.25, 0.3) is 11.3 Å². The minimum Gasteiger partial charge on any atom is -0.497 e. The van der Waals surface area contributed by atoms with Crippen LogP contribution in [0.3, 0.4) is 0 Å². The van der Waals surface area contributed by atoms with E-state index in [1.807, 2.05) is 29.2 Å². The largest absolute Gasteiger partial charge is 0.497 e. The number of ether oxygens (including phenoxy) is 1. The molecule has 0 unspecified atom stereocenters. The number of piperazine rings is 1. The van der Waals surface area contributed by atoms with Gasteiger partial charge in [-0.1, -0.05) is 0 Å². The molecular formula is C24H28N4O4S2. The summed E-state index contributed by atoms with van der Waals surface area (Å²) < 4.78 is 30.8. The lowest BCUT2D eigenvalue weighted by Crippen LogP contribution is -2.48. The van der Waals surface area contributed by atoms with Crippen LogP contribution in [0.2, 0.25) is 0 Å². The summed E-state index contributed by atoms with van der Waals surface area (Å²) in [5, 5.41) is 3.11. The number of aromatic nitrogens is 1. The fraction of sp³-hybridized carbons (Fsp3) is 0.333. The molecule has 3 aromatic rings. The third-order valence-electron chi connectivity index (χ3n) is 5.84. The molecule has 2 heterocycles. The van der Waals surface area contributed by atoms with Crippen molar-refractivity contribution in [3.63, 3.8) is 0 Å². The van der Waals surface area contributed by atoms with E-state index < -0.39 is 10.0 Å². The number of thiazole rings is 1. The van der Waals surface area contributed by atoms with Gasteiger partial charge in [0.2, 0.25) is 10.0 Å². The molecule has 4 rings (SSSR count). The molecule has 2 aromatic carbocycles. The Labute approximate surface area is 204 Å². The van der Waals surface area contributed by atoms with E-state index in [-0.39, 0.29) is 10.8 Å². The Morgan fingerprint density at radius 3 is 2.26 bits per heavy atom. The second-order valence-electron chi connectivity index (χ2n) is 8.24. The molecule has 0 saturated carbocycles. The van der Waals surface area contributed by atoms with Crippen molar-refractivity contribution in [1.29, 1.82) is 0 Å². The average Bonchev–Trinajstić information content (AvgIpc) is 3.32. The molecule has 0 radical (unpaired) electrons. The van der Waals surface area contributed by atoms with E-state index >= 15 is 0 Å². The predicted molar refractivity (Wildman–Crippen MR) is 133 cm³/mol. The maximum atomic E-state index is 12.9. The number of carbonyl (C=O) groups is 1. The van der Waals surface area contributed by atoms with Crippen LogP contribution in [0, 0.1) is 0 Å². The van der Waals surface area contributed by atoms with Crippen LogP contribution in [0.1, 0.15) is 15.4 Å². The van der Waals surface area contributed by atoms with Crippen molar-refractivity contribution < 1.29 is 17.9 Å². The van der Waals surface area contributed by atoms with Gasteiger partial charge in [-0.15, -0.1) is 11.3 Å². The summed E-state index contributed by atoms with van der Waals surface area (Å²) in [6.07, 6.45) is 0. The van der Waals surface area contributed by atoms with Crippen LogP contribution in [0.15, 0.2) is 58.8 Å². The minimum atomic E-state index is -3.51. The molecule has 1 aliphatic heterocycles. The molecular weight excluding hydrogens is 472 g/mol. The van der Waals surface area contributed by atoms with Gasteiger partial charge < -0.3 is 9.64 Å². The topological polar surface area (TPSA) is 83.0 Å². The zero-order valence-electron chi connectivity index (χ0n) is 19.5. The molecule has 0 bridgehead atoms. The molecule has 1 amide bonds. The first-order valence-corrected chi connectivity index (χ1v) is 13.2. The molecule has 180 valence electrons. The zero-order valence-corrected chi connectivity index (χ0v) is 21.1. The maximum absolute atomic E-state index is 12.9. The van der Waals surface area contributed by atoms with E-state index in [1.54, 1.807) is 30.6 Å². The Morgan fingerprint density at radius 1 is 1.03 bits per heavy atom. The molecule has 8 nitrogen and oxygen atoms in total. The number of sulfonamides is 1. The van der Waals surface area contributed by atoms with Gasteiger partial charge in [-0.25, -0.2) is 17.7 Å². The van der Waals surface area contributed by atoms with Crippen molar-refractivity contribution in [2.75, 3.05) is 47.4 Å². The summed E-state index contributed by atoms with van der Waals surface area (Å²) in [5.74, 6) is 0.741. The number of amides is 1. The van der Waals surface area contributed by atoms with Crippen LogP contribution < -0.4 is 4.74 Å². The van der Waals surface area contributed by atoms with Gasteiger partial charge in [0.25, 0.3) is 5.91 Å². The smallest absolute Gasteiger partial charge is 0.253 e. The van der Waals surface area contributed by atoms with Crippen LogP contribution in [-0.4, -0.2) is 80.8 Å². The SMILES string of the molecule is COc1ccc(-c2csc(CN3CCN(C(=O)c4ccc(S(=O)(=O)N(C)C)cc4)CC3)n2)cc1. The predicted octanol–water partition coefficient (Wildman–Crippen LogP) is 3.03. The van der Waals surface area contributed by atoms with E-state index in [9.17, 15) is 13.2 Å². The molecule has 10 heteroatoms. The Bertz CT molecular complexity index is 1230. The van der Waals surface area contributed by atoms with E-state index in [1.165, 1.54) is 26.2 Å². The summed E-state index contributed by atoms with van der Waals surface area (Å²) in [4.78, 5) is 22.0. The highest BCUT2D eigenvalue weighted by molar-refractivity contribution is 7.89. The lowest BCUT2D eigenvalue weighted by molar-refractivity contribution is 0.0628. The van der Waals surface area contributed by atoms with E-state index in [0.29, 0.717) is 18.7 Å². The van der Waals surface area contributed by atoms with Crippen molar-refractivity contribution in [1.82, 2.24) is 19.1 Å². The first-order valence-electron chi connectivity index (χ1n) is 10.9. The number of carbonyl (C=O) groups excluding carboxylic acids is 1. The molecule has 1 aliphatic rings. The summed E-state index contributed by atoms with van der Waals surface area (Å²) in [6, 6.07) is 14.0. The zero-order chi connectivity index (χ0) is 24.3. The average molecular weight is 501 g/mol. The fourth-order valence-corrected chi connectivity index (χ4v) is 5.49. The lowest BCUT2D eigenvalue weighted by Gasteiger charge is -2.34. The van der Waals surface area contributed by atoms with Crippen LogP contribution >= 0.6 is 11.3 Å². The van der Waals surface area contributed by atoms with Crippen molar-refractivity contribution in [3.8, 4) is 17.0 Å². The van der Waals surface area contributed by atoms with E-state index in [2.05, 4.69) is 10.3 Å². The van der Waals surface area contributed by atoms with Crippen LogP contribution in [0.5, 0.6) is 5.75 Å². The highest BCUT2D eigenvalue weighted by Crippen LogP contribution is 2.25. The van der Waals surface area contributed by atoms with Crippen LogP contribution in [-0.2, 0) is 16.6 Å². The Morgan fingerprint density at radius 2 is 1.68 bits per heavy atom. The van der Waals surface area contributed by atoms with Crippen molar-refractivity contribution in [2.45, 2.75) is 11.4 Å². The summed E-state index contributed by atoms with van der Waals surface area (Å²) in [6.45, 7) is 3.51. The third kappa shape index (κ3) is 5.30. The van der Waals surface area contributed by atoms with Crippen molar-refractivity contribution >= 4 is 27.3 Å². The van der Waals surface area contributed by atoms with Gasteiger partial charge >= 0.3 is 0 Å². The second-order valence-corrected chi connectivity index (χ2v) is 11.3. The number of benzene rings is 2. The number of hydrogen-bond donors (Lipinski definition) is 0. The quantitative estimate of drug-likeness (QED) is 0.496. The number of rotatable bonds is 7. The fourth-order valence-electron chi connectivity index (χ4n) is 3.74. The maximum Gasteiger partial charge on any atom is 0.253 e. The lowest BCUT2D eigenvalue weighted by atomic mass is 10.2. The second kappa shape index (κ2) is 10.2. The first kappa shape index (κ1) is 24.3. The third-order valence-corrected chi connectivity index (χ3v) is 8.50. The van der Waals surface area contributed by atoms with Gasteiger partial charge in [0.1, 0.15) is 10.8 Å². The molecule has 1 fully saturated rings. The van der Waals surface area contributed by atoms with Crippen molar-refractivity contribution in [2.24, 2.45) is 0 Å². The van der Waals surface area contributed by atoms with Gasteiger partial charge in [-0.3, -0.25) is 9.69 Å². The minimum absolute atomic E-state index is 0.0792. The Balaban J connectivity index is 1.32. The summed E-state index contributed by atoms with van der Waals surface area (Å²) in [7, 11) is 1.11. The summed E-state index contributed by atoms with van der Waals surface area (Å²) in [5.41, 5.74) is 2.51. The Hall–Kier alpha value is -2.79. The first-order chi connectivity index (χ1) is 16.3. The molecule has 34 heavy (non-hydrogen) atoms. The number of methoxy groups -OCH3 is 1. The number of hydrogen-bond acceptors (Lipinski definition) is 7. The monoisotopic (exact) mass is 500 g/mol. The normalized spacial score (nSPS) is 15.0. The van der Waals surface area contributed by atoms with Crippen molar-refractivity contribution in [3.05, 3.63) is 64.5 Å². The van der Waals surface area contributed by atoms with Gasteiger partial charge in [0.05, 0.1) is 24.2 Å². The van der Waals surface area contributed by atoms with Gasteiger partial charge in [-0.2, -0.15) is 0 Å². The number of nitrogens with zero attached hydrogens (tertiary/aromatic N) is 4. The molecule has 0 N–H and O–H groups in total. The van der Waals surface area contributed by atoms with E-state index in [4.69, 9.17) is 9.72 Å². The standard InChI is InChI=1S/C24H28N4O4S2/c1-26(2)34(30,31)21-10-6-19(7-11-21)24(29)28-14-12-27(13-15-28)16-23-25-22(17-33-23)18-4-8-20(32-3)9-5-18/h4-11,17H,12-16H2,1-3H3. The highest BCUT2D eigenvalue weighted by atomic mass is 32.2. The van der Waals surface area contributed by atoms with E-state index in [0.717, 1.165) is 46.0 Å². The molecule has 0 aliphatic carbocycles. The van der Waals surface area contributed by atoms with Gasteiger partial charge in [0.15, 0.2) is 0 Å². The van der Waals surface area contributed by atoms with Gasteiger partial charge in [0, 0.05) is 56.8 Å².